The third-order valence-corrected chi connectivity index (χ3v) is 7.88. The zero-order chi connectivity index (χ0) is 29.6. The molecule has 5 nitrogen and oxygen atoms in total. The maximum atomic E-state index is 6.08. The van der Waals surface area contributed by atoms with Crippen LogP contribution >= 0.6 is 0 Å². The minimum absolute atomic E-state index is 0. The molecule has 0 aliphatic carbocycles. The van der Waals surface area contributed by atoms with E-state index >= 15 is 0 Å². The SMILES string of the molecule is Cc1ccc2c(n1)oc1c(-c3cc(CC(C)(C)C)ccn3)[c-]ccc12.[CH3-].[Ir+3].[c-]1ccccc1-c1nc2cccc3c2n1CCC3. The second kappa shape index (κ2) is 13.1. The van der Waals surface area contributed by atoms with Crippen LogP contribution in [-0.2, 0) is 39.5 Å². The summed E-state index contributed by atoms with van der Waals surface area (Å²) in [6.07, 6.45) is 5.23. The van der Waals surface area contributed by atoms with Crippen LogP contribution in [0.5, 0.6) is 0 Å². The summed E-state index contributed by atoms with van der Waals surface area (Å²) in [4.78, 5) is 13.9. The number of aryl methyl sites for hydroxylation is 3. The molecule has 0 radical (unpaired) electrons. The molecule has 45 heavy (non-hydrogen) atoms. The molecular weight excluding hydrogens is 733 g/mol. The second-order valence-electron chi connectivity index (χ2n) is 12.5. The van der Waals surface area contributed by atoms with Gasteiger partial charge in [0.05, 0.1) is 22.4 Å². The largest absolute Gasteiger partial charge is 3.00 e. The van der Waals surface area contributed by atoms with Crippen molar-refractivity contribution in [1.82, 2.24) is 19.5 Å². The molecule has 0 unspecified atom stereocenters. The van der Waals surface area contributed by atoms with Crippen LogP contribution in [0.4, 0.5) is 0 Å². The number of hydrogen-bond donors (Lipinski definition) is 0. The Morgan fingerprint density at radius 3 is 2.58 bits per heavy atom. The van der Waals surface area contributed by atoms with Crippen LogP contribution in [0.15, 0.2) is 89.5 Å². The van der Waals surface area contributed by atoms with Gasteiger partial charge in [0.1, 0.15) is 0 Å². The first-order valence-corrected chi connectivity index (χ1v) is 15.0. The third kappa shape index (κ3) is 6.49. The van der Waals surface area contributed by atoms with E-state index in [1.807, 2.05) is 49.5 Å². The van der Waals surface area contributed by atoms with Gasteiger partial charge in [0.2, 0.25) is 5.71 Å². The van der Waals surface area contributed by atoms with Crippen molar-refractivity contribution in [3.05, 3.63) is 121 Å². The molecule has 0 N–H and O–H groups in total. The minimum Gasteiger partial charge on any atom is -0.486 e. The number of benzene rings is 3. The van der Waals surface area contributed by atoms with Crippen molar-refractivity contribution in [1.29, 1.82) is 0 Å². The normalized spacial score (nSPS) is 12.4. The Morgan fingerprint density at radius 2 is 1.78 bits per heavy atom. The topological polar surface area (TPSA) is 56.7 Å². The fourth-order valence-electron chi connectivity index (χ4n) is 6.08. The molecule has 0 bridgehead atoms. The van der Waals surface area contributed by atoms with E-state index in [1.165, 1.54) is 29.5 Å². The molecule has 8 rings (SSSR count). The first kappa shape index (κ1) is 32.3. The Bertz CT molecular complexity index is 2090. The van der Waals surface area contributed by atoms with Gasteiger partial charge in [0.15, 0.2) is 0 Å². The van der Waals surface area contributed by atoms with E-state index < -0.39 is 0 Å². The number of para-hydroxylation sites is 1. The van der Waals surface area contributed by atoms with Crippen LogP contribution < -0.4 is 0 Å². The Kier molecular flexibility index (Phi) is 9.38. The molecule has 4 aromatic heterocycles. The molecule has 3 aromatic carbocycles. The molecule has 0 saturated carbocycles. The van der Waals surface area contributed by atoms with Gasteiger partial charge in [-0.3, -0.25) is 4.98 Å². The van der Waals surface area contributed by atoms with Crippen molar-refractivity contribution in [2.45, 2.75) is 53.5 Å². The number of fused-ring (bicyclic) bond motifs is 3. The van der Waals surface area contributed by atoms with Crippen molar-refractivity contribution in [2.75, 3.05) is 0 Å². The van der Waals surface area contributed by atoms with E-state index in [4.69, 9.17) is 9.40 Å². The Hall–Kier alpha value is -4.12. The average molecular weight is 770 g/mol. The molecule has 7 aromatic rings. The van der Waals surface area contributed by atoms with Gasteiger partial charge in [-0.25, -0.2) is 4.98 Å². The predicted molar refractivity (Wildman–Crippen MR) is 180 cm³/mol. The smallest absolute Gasteiger partial charge is 0.486 e. The number of imidazole rings is 1. The Labute approximate surface area is 279 Å². The number of hydrogen-bond acceptors (Lipinski definition) is 4. The summed E-state index contributed by atoms with van der Waals surface area (Å²) >= 11 is 0. The average Bonchev–Trinajstić information content (AvgIpc) is 3.57. The van der Waals surface area contributed by atoms with Crippen LogP contribution in [0, 0.1) is 31.9 Å². The minimum atomic E-state index is 0. The predicted octanol–water partition coefficient (Wildman–Crippen LogP) is 9.64. The molecule has 0 atom stereocenters. The summed E-state index contributed by atoms with van der Waals surface area (Å²) in [6, 6.07) is 33.4. The van der Waals surface area contributed by atoms with Gasteiger partial charge in [-0.2, -0.15) is 0 Å². The molecule has 0 amide bonds. The van der Waals surface area contributed by atoms with Crippen molar-refractivity contribution in [3.8, 4) is 22.6 Å². The maximum absolute atomic E-state index is 6.08. The molecule has 0 saturated heterocycles. The quantitative estimate of drug-likeness (QED) is 0.168. The van der Waals surface area contributed by atoms with Crippen LogP contribution in [0.25, 0.3) is 55.7 Å². The van der Waals surface area contributed by atoms with E-state index in [0.717, 1.165) is 63.2 Å². The molecule has 1 aliphatic rings. The van der Waals surface area contributed by atoms with Gasteiger partial charge in [0, 0.05) is 23.8 Å². The first-order chi connectivity index (χ1) is 20.8. The third-order valence-electron chi connectivity index (χ3n) is 7.88. The summed E-state index contributed by atoms with van der Waals surface area (Å²) in [6.45, 7) is 9.76. The van der Waals surface area contributed by atoms with Gasteiger partial charge in [-0.15, -0.1) is 54.1 Å². The fraction of sp³-hybridized carbons (Fsp3) is 0.231. The molecule has 5 heterocycles. The number of furan rings is 1. The van der Waals surface area contributed by atoms with Gasteiger partial charge >= 0.3 is 20.1 Å². The van der Waals surface area contributed by atoms with Crippen molar-refractivity contribution < 1.29 is 24.5 Å². The van der Waals surface area contributed by atoms with Crippen LogP contribution in [0.3, 0.4) is 0 Å². The maximum Gasteiger partial charge on any atom is 3.00 e. The van der Waals surface area contributed by atoms with E-state index in [9.17, 15) is 0 Å². The molecule has 0 fully saturated rings. The zero-order valence-corrected chi connectivity index (χ0v) is 28.8. The summed E-state index contributed by atoms with van der Waals surface area (Å²) < 4.78 is 8.42. The van der Waals surface area contributed by atoms with Crippen molar-refractivity contribution in [3.63, 3.8) is 0 Å². The number of aromatic nitrogens is 4. The number of nitrogens with zero attached hydrogens (tertiary/aromatic N) is 4. The molecular formula is C39H37IrN4O. The molecule has 1 aliphatic heterocycles. The summed E-state index contributed by atoms with van der Waals surface area (Å²) in [5.41, 5.74) is 10.6. The van der Waals surface area contributed by atoms with Crippen molar-refractivity contribution >= 4 is 33.1 Å². The van der Waals surface area contributed by atoms with Gasteiger partial charge in [-0.05, 0) is 67.1 Å². The van der Waals surface area contributed by atoms with Gasteiger partial charge < -0.3 is 21.4 Å². The standard InChI is InChI=1S/C22H21N2O.C16H13N2.CH3.Ir/c1-14-8-9-17-16-6-5-7-18(20(16)25-21(17)24-14)19-12-15(10-11-23-19)13-22(2,3)4;1-2-6-13(7-3-1)16-17-14-10-4-8-12-9-5-11-18(16)15(12)14;;/h5-6,8-12H,13H2,1-4H3;1-4,6,8,10H,5,9,11H2;1H3;/q3*-1;+3. The van der Waals surface area contributed by atoms with E-state index in [0.29, 0.717) is 5.71 Å². The molecule has 228 valence electrons. The van der Waals surface area contributed by atoms with E-state index in [2.05, 4.69) is 89.9 Å². The van der Waals surface area contributed by atoms with Gasteiger partial charge in [0.25, 0.3) is 0 Å². The summed E-state index contributed by atoms with van der Waals surface area (Å²) in [7, 11) is 0. The summed E-state index contributed by atoms with van der Waals surface area (Å²) in [5.74, 6) is 1.05. The number of rotatable bonds is 3. The molecule has 0 spiro atoms. The number of pyridine rings is 2. The molecule has 6 heteroatoms. The first-order valence-electron chi connectivity index (χ1n) is 15.0. The van der Waals surface area contributed by atoms with Crippen molar-refractivity contribution in [2.24, 2.45) is 5.41 Å². The summed E-state index contributed by atoms with van der Waals surface area (Å²) in [5, 5.41) is 2.08. The van der Waals surface area contributed by atoms with Crippen LogP contribution in [-0.4, -0.2) is 19.5 Å². The second-order valence-corrected chi connectivity index (χ2v) is 12.5. The van der Waals surface area contributed by atoms with E-state index in [1.54, 1.807) is 0 Å². The fourth-order valence-corrected chi connectivity index (χ4v) is 6.08. The Balaban J connectivity index is 0.000000178. The van der Waals surface area contributed by atoms with Crippen LogP contribution in [0.2, 0.25) is 0 Å². The van der Waals surface area contributed by atoms with Gasteiger partial charge in [-0.1, -0.05) is 55.5 Å². The Morgan fingerprint density at radius 1 is 0.911 bits per heavy atom. The monoisotopic (exact) mass is 770 g/mol. The van der Waals surface area contributed by atoms with E-state index in [-0.39, 0.29) is 32.9 Å². The van der Waals surface area contributed by atoms with Crippen LogP contribution in [0.1, 0.15) is 44.0 Å². The zero-order valence-electron chi connectivity index (χ0n) is 26.4.